The molecule has 1 aromatic carbocycles. The summed E-state index contributed by atoms with van der Waals surface area (Å²) in [5.74, 6) is -0.276. The average molecular weight is 196 g/mol. The first-order valence-electron chi connectivity index (χ1n) is 4.62. The van der Waals surface area contributed by atoms with Crippen molar-refractivity contribution in [3.63, 3.8) is 0 Å². The Labute approximate surface area is 84.5 Å². The van der Waals surface area contributed by atoms with Gasteiger partial charge in [0, 0.05) is 12.6 Å². The molecule has 0 aliphatic heterocycles. The van der Waals surface area contributed by atoms with Crippen LogP contribution in [0.2, 0.25) is 0 Å². The quantitative estimate of drug-likeness (QED) is 0.700. The normalized spacial score (nSPS) is 11.5. The Kier molecular flexibility index (Phi) is 2.69. The summed E-state index contributed by atoms with van der Waals surface area (Å²) < 4.78 is 13.5. The van der Waals surface area contributed by atoms with Crippen LogP contribution in [0.1, 0.15) is 20.8 Å². The highest BCUT2D eigenvalue weighted by atomic mass is 19.1. The van der Waals surface area contributed by atoms with Gasteiger partial charge in [-0.2, -0.15) is 0 Å². The minimum Gasteiger partial charge on any atom is -0.397 e. The Hall–Kier alpha value is -1.25. The predicted octanol–water partition coefficient (Wildman–Crippen LogP) is 2.64. The lowest BCUT2D eigenvalue weighted by molar-refractivity contribution is 0.523. The lowest BCUT2D eigenvalue weighted by Gasteiger charge is -2.35. The summed E-state index contributed by atoms with van der Waals surface area (Å²) in [5.41, 5.74) is 6.54. The number of hydrogen-bond acceptors (Lipinski definition) is 2. The largest absolute Gasteiger partial charge is 0.397 e. The van der Waals surface area contributed by atoms with E-state index in [1.165, 1.54) is 6.07 Å². The van der Waals surface area contributed by atoms with Crippen LogP contribution in [-0.2, 0) is 0 Å². The third-order valence-electron chi connectivity index (χ3n) is 2.36. The van der Waals surface area contributed by atoms with Crippen LogP contribution in [0, 0.1) is 5.82 Å². The van der Waals surface area contributed by atoms with Crippen LogP contribution in [0.3, 0.4) is 0 Å². The second kappa shape index (κ2) is 3.48. The van der Waals surface area contributed by atoms with Gasteiger partial charge in [0.1, 0.15) is 5.82 Å². The lowest BCUT2D eigenvalue weighted by atomic mass is 10.1. The van der Waals surface area contributed by atoms with E-state index in [0.29, 0.717) is 11.4 Å². The van der Waals surface area contributed by atoms with Crippen molar-refractivity contribution in [3.8, 4) is 0 Å². The molecule has 0 radical (unpaired) electrons. The van der Waals surface area contributed by atoms with E-state index in [4.69, 9.17) is 5.73 Å². The number of halogens is 1. The van der Waals surface area contributed by atoms with Gasteiger partial charge in [0.05, 0.1) is 11.4 Å². The van der Waals surface area contributed by atoms with Gasteiger partial charge in [-0.05, 0) is 32.9 Å². The number of benzene rings is 1. The first-order valence-corrected chi connectivity index (χ1v) is 4.62. The third kappa shape index (κ3) is 1.97. The first-order chi connectivity index (χ1) is 6.34. The molecular weight excluding hydrogens is 179 g/mol. The Morgan fingerprint density at radius 3 is 2.29 bits per heavy atom. The van der Waals surface area contributed by atoms with Crippen molar-refractivity contribution in [2.24, 2.45) is 0 Å². The molecule has 0 saturated heterocycles. The molecule has 0 aromatic heterocycles. The van der Waals surface area contributed by atoms with Gasteiger partial charge in [0.15, 0.2) is 0 Å². The van der Waals surface area contributed by atoms with Gasteiger partial charge in [0.25, 0.3) is 0 Å². The SMILES string of the molecule is CN(c1c(N)cccc1F)C(C)(C)C. The summed E-state index contributed by atoms with van der Waals surface area (Å²) in [4.78, 5) is 1.84. The highest BCUT2D eigenvalue weighted by molar-refractivity contribution is 5.68. The van der Waals surface area contributed by atoms with E-state index in [1.54, 1.807) is 12.1 Å². The maximum absolute atomic E-state index is 13.5. The minimum absolute atomic E-state index is 0.143. The van der Waals surface area contributed by atoms with Gasteiger partial charge in [-0.1, -0.05) is 6.07 Å². The minimum atomic E-state index is -0.276. The zero-order chi connectivity index (χ0) is 10.9. The number of para-hydroxylation sites is 1. The van der Waals surface area contributed by atoms with Gasteiger partial charge < -0.3 is 10.6 Å². The van der Waals surface area contributed by atoms with Crippen molar-refractivity contribution < 1.29 is 4.39 Å². The van der Waals surface area contributed by atoms with E-state index in [9.17, 15) is 4.39 Å². The average Bonchev–Trinajstić information content (AvgIpc) is 2.01. The molecule has 2 N–H and O–H groups in total. The second-order valence-electron chi connectivity index (χ2n) is 4.41. The van der Waals surface area contributed by atoms with Crippen LogP contribution in [0.25, 0.3) is 0 Å². The summed E-state index contributed by atoms with van der Waals surface area (Å²) in [6.07, 6.45) is 0. The molecule has 1 aromatic rings. The fraction of sp³-hybridized carbons (Fsp3) is 0.455. The van der Waals surface area contributed by atoms with Gasteiger partial charge in [-0.25, -0.2) is 4.39 Å². The Bertz CT molecular complexity index is 308. The molecule has 0 amide bonds. The molecule has 0 spiro atoms. The number of nitrogens with zero attached hydrogens (tertiary/aromatic N) is 1. The standard InChI is InChI=1S/C11H17FN2/c1-11(2,3)14(4)10-8(12)6-5-7-9(10)13/h5-7H,13H2,1-4H3. The molecule has 3 heteroatoms. The van der Waals surface area contributed by atoms with Crippen LogP contribution in [0.15, 0.2) is 18.2 Å². The molecule has 0 atom stereocenters. The first kappa shape index (κ1) is 10.8. The topological polar surface area (TPSA) is 29.3 Å². The second-order valence-corrected chi connectivity index (χ2v) is 4.41. The number of hydrogen-bond donors (Lipinski definition) is 1. The smallest absolute Gasteiger partial charge is 0.148 e. The van der Waals surface area contributed by atoms with Crippen LogP contribution >= 0.6 is 0 Å². The zero-order valence-electron chi connectivity index (χ0n) is 9.13. The molecule has 0 aliphatic carbocycles. The summed E-state index contributed by atoms with van der Waals surface area (Å²) >= 11 is 0. The maximum Gasteiger partial charge on any atom is 0.148 e. The van der Waals surface area contributed by atoms with Gasteiger partial charge >= 0.3 is 0 Å². The monoisotopic (exact) mass is 196 g/mol. The highest BCUT2D eigenvalue weighted by Gasteiger charge is 2.21. The molecule has 0 saturated carbocycles. The zero-order valence-corrected chi connectivity index (χ0v) is 9.13. The molecule has 1 rings (SSSR count). The Balaban J connectivity index is 3.19. The van der Waals surface area contributed by atoms with Crippen LogP contribution < -0.4 is 10.6 Å². The van der Waals surface area contributed by atoms with Crippen molar-refractivity contribution in [3.05, 3.63) is 24.0 Å². The Morgan fingerprint density at radius 1 is 1.29 bits per heavy atom. The third-order valence-corrected chi connectivity index (χ3v) is 2.36. The summed E-state index contributed by atoms with van der Waals surface area (Å²) in [5, 5.41) is 0. The van der Waals surface area contributed by atoms with E-state index in [1.807, 2.05) is 32.7 Å². The van der Waals surface area contributed by atoms with Crippen molar-refractivity contribution >= 4 is 11.4 Å². The van der Waals surface area contributed by atoms with E-state index < -0.39 is 0 Å². The van der Waals surface area contributed by atoms with Crippen molar-refractivity contribution in [1.82, 2.24) is 0 Å². The summed E-state index contributed by atoms with van der Waals surface area (Å²) in [6.45, 7) is 6.04. The maximum atomic E-state index is 13.5. The Morgan fingerprint density at radius 2 is 1.86 bits per heavy atom. The number of anilines is 2. The molecule has 0 fully saturated rings. The molecule has 0 bridgehead atoms. The fourth-order valence-electron chi connectivity index (χ4n) is 1.22. The van der Waals surface area contributed by atoms with Gasteiger partial charge in [-0.3, -0.25) is 0 Å². The molecule has 78 valence electrons. The van der Waals surface area contributed by atoms with Crippen molar-refractivity contribution in [1.29, 1.82) is 0 Å². The molecule has 0 aliphatic rings. The number of nitrogens with two attached hydrogens (primary N) is 1. The van der Waals surface area contributed by atoms with E-state index in [0.717, 1.165) is 0 Å². The van der Waals surface area contributed by atoms with E-state index in [-0.39, 0.29) is 11.4 Å². The molecule has 0 heterocycles. The molecule has 14 heavy (non-hydrogen) atoms. The van der Waals surface area contributed by atoms with E-state index in [2.05, 4.69) is 0 Å². The van der Waals surface area contributed by atoms with Crippen LogP contribution in [0.4, 0.5) is 15.8 Å². The highest BCUT2D eigenvalue weighted by Crippen LogP contribution is 2.30. The number of nitrogen functional groups attached to an aromatic ring is 1. The van der Waals surface area contributed by atoms with Crippen LogP contribution in [0.5, 0.6) is 0 Å². The predicted molar refractivity (Wildman–Crippen MR) is 59.0 cm³/mol. The lowest BCUT2D eigenvalue weighted by Crippen LogP contribution is -2.39. The van der Waals surface area contributed by atoms with Crippen molar-refractivity contribution in [2.45, 2.75) is 26.3 Å². The van der Waals surface area contributed by atoms with Gasteiger partial charge in [0.2, 0.25) is 0 Å². The molecule has 2 nitrogen and oxygen atoms in total. The summed E-state index contributed by atoms with van der Waals surface area (Å²) in [7, 11) is 1.84. The fourth-order valence-corrected chi connectivity index (χ4v) is 1.22. The van der Waals surface area contributed by atoms with Crippen molar-refractivity contribution in [2.75, 3.05) is 17.7 Å². The van der Waals surface area contributed by atoms with Gasteiger partial charge in [-0.15, -0.1) is 0 Å². The molecule has 0 unspecified atom stereocenters. The van der Waals surface area contributed by atoms with E-state index >= 15 is 0 Å². The molecular formula is C11H17FN2. The van der Waals surface area contributed by atoms with Crippen LogP contribution in [-0.4, -0.2) is 12.6 Å². The summed E-state index contributed by atoms with van der Waals surface area (Å²) in [6, 6.07) is 4.75. The number of rotatable bonds is 1.